The number of pyridine rings is 1. The zero-order chi connectivity index (χ0) is 10.8. The standard InChI is InChI=1S/C13H19N3.ClH/c1-2-8-16(9-3-1)13-5-4-11-10-14-7-6-12(11)15-13;/h4-5,14H,1-3,6-10H2;1H. The minimum Gasteiger partial charge on any atom is -0.357 e. The first-order valence-corrected chi connectivity index (χ1v) is 6.38. The van der Waals surface area contributed by atoms with Crippen LogP contribution in [-0.4, -0.2) is 24.6 Å². The molecule has 0 bridgehead atoms. The first-order valence-electron chi connectivity index (χ1n) is 6.38. The molecular formula is C13H20ClN3. The summed E-state index contributed by atoms with van der Waals surface area (Å²) in [5, 5.41) is 3.39. The maximum Gasteiger partial charge on any atom is 0.128 e. The molecule has 3 nitrogen and oxygen atoms in total. The molecule has 0 aliphatic carbocycles. The van der Waals surface area contributed by atoms with Crippen molar-refractivity contribution in [2.24, 2.45) is 0 Å². The summed E-state index contributed by atoms with van der Waals surface area (Å²) < 4.78 is 0. The van der Waals surface area contributed by atoms with E-state index in [1.54, 1.807) is 0 Å². The third-order valence-electron chi connectivity index (χ3n) is 3.59. The topological polar surface area (TPSA) is 28.2 Å². The van der Waals surface area contributed by atoms with Crippen LogP contribution in [0.25, 0.3) is 0 Å². The molecule has 0 atom stereocenters. The number of nitrogens with zero attached hydrogens (tertiary/aromatic N) is 2. The molecule has 4 heteroatoms. The summed E-state index contributed by atoms with van der Waals surface area (Å²) in [6.07, 6.45) is 5.10. The summed E-state index contributed by atoms with van der Waals surface area (Å²) in [5.41, 5.74) is 2.69. The van der Waals surface area contributed by atoms with Gasteiger partial charge in [0.2, 0.25) is 0 Å². The van der Waals surface area contributed by atoms with Crippen molar-refractivity contribution >= 4 is 18.2 Å². The molecule has 1 aromatic rings. The van der Waals surface area contributed by atoms with Crippen LogP contribution in [0, 0.1) is 0 Å². The fourth-order valence-corrected chi connectivity index (χ4v) is 2.63. The molecule has 0 unspecified atom stereocenters. The lowest BCUT2D eigenvalue weighted by atomic mass is 10.1. The van der Waals surface area contributed by atoms with E-state index < -0.39 is 0 Å². The van der Waals surface area contributed by atoms with Gasteiger partial charge >= 0.3 is 0 Å². The first-order chi connectivity index (χ1) is 7.93. The van der Waals surface area contributed by atoms with Crippen molar-refractivity contribution in [2.45, 2.75) is 32.2 Å². The van der Waals surface area contributed by atoms with Gasteiger partial charge in [0.05, 0.1) is 0 Å². The third kappa shape index (κ3) is 2.72. The van der Waals surface area contributed by atoms with E-state index in [1.165, 1.54) is 49.4 Å². The molecule has 1 saturated heterocycles. The molecule has 0 saturated carbocycles. The Hall–Kier alpha value is -0.800. The molecule has 1 fully saturated rings. The van der Waals surface area contributed by atoms with Crippen LogP contribution in [-0.2, 0) is 13.0 Å². The van der Waals surface area contributed by atoms with Crippen LogP contribution in [0.3, 0.4) is 0 Å². The average molecular weight is 254 g/mol. The van der Waals surface area contributed by atoms with Crippen LogP contribution in [0.2, 0.25) is 0 Å². The van der Waals surface area contributed by atoms with Crippen LogP contribution in [0.1, 0.15) is 30.5 Å². The predicted octanol–water partition coefficient (Wildman–Crippen LogP) is 2.14. The number of rotatable bonds is 1. The lowest BCUT2D eigenvalue weighted by molar-refractivity contribution is 0.569. The van der Waals surface area contributed by atoms with Crippen molar-refractivity contribution in [3.63, 3.8) is 0 Å². The molecule has 3 heterocycles. The maximum atomic E-state index is 4.82. The monoisotopic (exact) mass is 253 g/mol. The average Bonchev–Trinajstić information content (AvgIpc) is 2.39. The van der Waals surface area contributed by atoms with Gasteiger partial charge in [-0.1, -0.05) is 6.07 Å². The smallest absolute Gasteiger partial charge is 0.128 e. The molecule has 1 aromatic heterocycles. The molecule has 1 N–H and O–H groups in total. The van der Waals surface area contributed by atoms with E-state index in [0.29, 0.717) is 0 Å². The van der Waals surface area contributed by atoms with Crippen molar-refractivity contribution in [1.29, 1.82) is 0 Å². The molecule has 0 amide bonds. The molecule has 0 spiro atoms. The lowest BCUT2D eigenvalue weighted by Crippen LogP contribution is -2.31. The Kier molecular flexibility index (Phi) is 4.24. The Morgan fingerprint density at radius 1 is 1.12 bits per heavy atom. The SMILES string of the molecule is Cl.c1cc2c(nc1N1CCCCC1)CCNC2. The summed E-state index contributed by atoms with van der Waals surface area (Å²) in [4.78, 5) is 7.26. The summed E-state index contributed by atoms with van der Waals surface area (Å²) in [6.45, 7) is 4.43. The number of aromatic nitrogens is 1. The van der Waals surface area contributed by atoms with Gasteiger partial charge in [0.25, 0.3) is 0 Å². The number of piperidine rings is 1. The van der Waals surface area contributed by atoms with Crippen molar-refractivity contribution in [3.8, 4) is 0 Å². The normalized spacial score (nSPS) is 19.4. The minimum absolute atomic E-state index is 0. The highest BCUT2D eigenvalue weighted by Gasteiger charge is 2.15. The van der Waals surface area contributed by atoms with Gasteiger partial charge in [0.15, 0.2) is 0 Å². The molecule has 2 aliphatic rings. The fourth-order valence-electron chi connectivity index (χ4n) is 2.63. The number of nitrogens with one attached hydrogen (secondary N) is 1. The van der Waals surface area contributed by atoms with Crippen LogP contribution >= 0.6 is 12.4 Å². The Labute approximate surface area is 109 Å². The van der Waals surface area contributed by atoms with Crippen molar-refractivity contribution < 1.29 is 0 Å². The van der Waals surface area contributed by atoms with E-state index >= 15 is 0 Å². The summed E-state index contributed by atoms with van der Waals surface area (Å²) in [6, 6.07) is 4.44. The summed E-state index contributed by atoms with van der Waals surface area (Å²) in [5.74, 6) is 1.19. The van der Waals surface area contributed by atoms with Crippen LogP contribution in [0.4, 0.5) is 5.82 Å². The van der Waals surface area contributed by atoms with Gasteiger partial charge in [0.1, 0.15) is 5.82 Å². The second-order valence-electron chi connectivity index (χ2n) is 4.75. The molecule has 2 aliphatic heterocycles. The van der Waals surface area contributed by atoms with Gasteiger partial charge in [-0.15, -0.1) is 12.4 Å². The van der Waals surface area contributed by atoms with E-state index in [1.807, 2.05) is 0 Å². The van der Waals surface area contributed by atoms with Crippen LogP contribution in [0.5, 0.6) is 0 Å². The zero-order valence-corrected chi connectivity index (χ0v) is 10.9. The van der Waals surface area contributed by atoms with Gasteiger partial charge in [-0.25, -0.2) is 4.98 Å². The third-order valence-corrected chi connectivity index (χ3v) is 3.59. The van der Waals surface area contributed by atoms with Gasteiger partial charge in [-0.3, -0.25) is 0 Å². The molecule has 94 valence electrons. The molecule has 17 heavy (non-hydrogen) atoms. The largest absolute Gasteiger partial charge is 0.357 e. The van der Waals surface area contributed by atoms with Gasteiger partial charge < -0.3 is 10.2 Å². The molecule has 0 aromatic carbocycles. The van der Waals surface area contributed by atoms with E-state index in [2.05, 4.69) is 22.3 Å². The minimum atomic E-state index is 0. The second-order valence-corrected chi connectivity index (χ2v) is 4.75. The Bertz CT molecular complexity index is 375. The number of fused-ring (bicyclic) bond motifs is 1. The Balaban J connectivity index is 0.00000108. The first kappa shape index (κ1) is 12.7. The molecular weight excluding hydrogens is 234 g/mol. The van der Waals surface area contributed by atoms with Gasteiger partial charge in [0, 0.05) is 38.3 Å². The quantitative estimate of drug-likeness (QED) is 0.831. The number of anilines is 1. The van der Waals surface area contributed by atoms with Gasteiger partial charge in [-0.05, 0) is 30.9 Å². The lowest BCUT2D eigenvalue weighted by Gasteiger charge is -2.29. The van der Waals surface area contributed by atoms with Crippen LogP contribution < -0.4 is 10.2 Å². The van der Waals surface area contributed by atoms with E-state index in [4.69, 9.17) is 4.98 Å². The van der Waals surface area contributed by atoms with Crippen LogP contribution in [0.15, 0.2) is 12.1 Å². The Morgan fingerprint density at radius 3 is 2.76 bits per heavy atom. The van der Waals surface area contributed by atoms with Crippen molar-refractivity contribution in [2.75, 3.05) is 24.5 Å². The number of hydrogen-bond donors (Lipinski definition) is 1. The van der Waals surface area contributed by atoms with Gasteiger partial charge in [-0.2, -0.15) is 0 Å². The highest BCUT2D eigenvalue weighted by molar-refractivity contribution is 5.85. The van der Waals surface area contributed by atoms with Crippen molar-refractivity contribution in [1.82, 2.24) is 10.3 Å². The zero-order valence-electron chi connectivity index (χ0n) is 10.1. The van der Waals surface area contributed by atoms with E-state index in [-0.39, 0.29) is 12.4 Å². The second kappa shape index (κ2) is 5.69. The summed E-state index contributed by atoms with van der Waals surface area (Å²) >= 11 is 0. The summed E-state index contributed by atoms with van der Waals surface area (Å²) in [7, 11) is 0. The Morgan fingerprint density at radius 2 is 1.94 bits per heavy atom. The maximum absolute atomic E-state index is 4.82. The molecule has 0 radical (unpaired) electrons. The number of halogens is 1. The predicted molar refractivity (Wildman–Crippen MR) is 73.0 cm³/mol. The van der Waals surface area contributed by atoms with Crippen molar-refractivity contribution in [3.05, 3.63) is 23.4 Å². The fraction of sp³-hybridized carbons (Fsp3) is 0.615. The van der Waals surface area contributed by atoms with E-state index in [9.17, 15) is 0 Å². The highest BCUT2D eigenvalue weighted by Crippen LogP contribution is 2.21. The van der Waals surface area contributed by atoms with E-state index in [0.717, 1.165) is 19.5 Å². The highest BCUT2D eigenvalue weighted by atomic mass is 35.5. The number of hydrogen-bond acceptors (Lipinski definition) is 3. The molecule has 3 rings (SSSR count).